The Morgan fingerprint density at radius 1 is 1.62 bits per heavy atom. The molecule has 1 unspecified atom stereocenters. The minimum Gasteiger partial charge on any atom is -0.316 e. The fourth-order valence-corrected chi connectivity index (χ4v) is 3.15. The second-order valence-electron chi connectivity index (χ2n) is 4.56. The highest BCUT2D eigenvalue weighted by Gasteiger charge is 2.38. The standard InChI is InChI=1S/C13H19NOS/c1-2-13(7-8-14-10-13)12(15)6-5-11-4-3-9-16-11/h3-4,9,14H,2,5-8,10H2,1H3. The first kappa shape index (κ1) is 11.8. The first-order valence-electron chi connectivity index (χ1n) is 6.03. The highest BCUT2D eigenvalue weighted by molar-refractivity contribution is 7.09. The maximum atomic E-state index is 12.3. The lowest BCUT2D eigenvalue weighted by Gasteiger charge is -2.24. The van der Waals surface area contributed by atoms with E-state index in [9.17, 15) is 4.79 Å². The van der Waals surface area contributed by atoms with Gasteiger partial charge in [0.1, 0.15) is 5.78 Å². The van der Waals surface area contributed by atoms with Crippen molar-refractivity contribution in [2.24, 2.45) is 5.41 Å². The number of Topliss-reactive ketones (excluding diaryl/α,β-unsaturated/α-hetero) is 1. The number of hydrogen-bond acceptors (Lipinski definition) is 3. The van der Waals surface area contributed by atoms with Crippen LogP contribution in [0.25, 0.3) is 0 Å². The van der Waals surface area contributed by atoms with Gasteiger partial charge in [-0.05, 0) is 37.3 Å². The van der Waals surface area contributed by atoms with Crippen molar-refractivity contribution >= 4 is 17.1 Å². The van der Waals surface area contributed by atoms with Crippen LogP contribution < -0.4 is 5.32 Å². The number of carbonyl (C=O) groups excluding carboxylic acids is 1. The Bertz CT molecular complexity index is 339. The lowest BCUT2D eigenvalue weighted by molar-refractivity contribution is -0.128. The van der Waals surface area contributed by atoms with Gasteiger partial charge in [0.2, 0.25) is 0 Å². The van der Waals surface area contributed by atoms with Crippen LogP contribution in [-0.4, -0.2) is 18.9 Å². The second kappa shape index (κ2) is 5.11. The van der Waals surface area contributed by atoms with Crippen molar-refractivity contribution < 1.29 is 4.79 Å². The number of rotatable bonds is 5. The van der Waals surface area contributed by atoms with Crippen LogP contribution in [-0.2, 0) is 11.2 Å². The van der Waals surface area contributed by atoms with E-state index in [4.69, 9.17) is 0 Å². The average molecular weight is 237 g/mol. The quantitative estimate of drug-likeness (QED) is 0.853. The van der Waals surface area contributed by atoms with Crippen molar-refractivity contribution in [1.29, 1.82) is 0 Å². The number of hydrogen-bond donors (Lipinski definition) is 1. The van der Waals surface area contributed by atoms with Crippen LogP contribution in [0.2, 0.25) is 0 Å². The Morgan fingerprint density at radius 2 is 2.50 bits per heavy atom. The number of nitrogens with one attached hydrogen (secondary N) is 1. The molecule has 0 bridgehead atoms. The van der Waals surface area contributed by atoms with E-state index in [-0.39, 0.29) is 5.41 Å². The lowest BCUT2D eigenvalue weighted by Crippen LogP contribution is -2.33. The molecule has 0 aliphatic carbocycles. The fourth-order valence-electron chi connectivity index (χ4n) is 2.44. The van der Waals surface area contributed by atoms with Crippen molar-refractivity contribution in [1.82, 2.24) is 5.32 Å². The molecule has 1 fully saturated rings. The van der Waals surface area contributed by atoms with Gasteiger partial charge in [0.05, 0.1) is 0 Å². The second-order valence-corrected chi connectivity index (χ2v) is 5.60. The molecule has 88 valence electrons. The van der Waals surface area contributed by atoms with Crippen LogP contribution in [0.15, 0.2) is 17.5 Å². The van der Waals surface area contributed by atoms with Gasteiger partial charge in [-0.1, -0.05) is 13.0 Å². The molecule has 16 heavy (non-hydrogen) atoms. The van der Waals surface area contributed by atoms with Crippen molar-refractivity contribution in [3.63, 3.8) is 0 Å². The molecule has 0 amide bonds. The van der Waals surface area contributed by atoms with E-state index in [2.05, 4.69) is 29.8 Å². The third-order valence-electron chi connectivity index (χ3n) is 3.69. The Hall–Kier alpha value is -0.670. The minimum atomic E-state index is -0.0583. The largest absolute Gasteiger partial charge is 0.316 e. The fraction of sp³-hybridized carbons (Fsp3) is 0.615. The summed E-state index contributed by atoms with van der Waals surface area (Å²) in [5.41, 5.74) is -0.0583. The molecule has 0 radical (unpaired) electrons. The van der Waals surface area contributed by atoms with Crippen molar-refractivity contribution in [2.45, 2.75) is 32.6 Å². The van der Waals surface area contributed by atoms with Crippen LogP contribution in [0.3, 0.4) is 0 Å². The Labute approximate surface area is 101 Å². The van der Waals surface area contributed by atoms with Gasteiger partial charge in [0.25, 0.3) is 0 Å². The van der Waals surface area contributed by atoms with Crippen LogP contribution in [0.4, 0.5) is 0 Å². The molecule has 1 N–H and O–H groups in total. The van der Waals surface area contributed by atoms with Crippen molar-refractivity contribution in [2.75, 3.05) is 13.1 Å². The third-order valence-corrected chi connectivity index (χ3v) is 4.63. The highest BCUT2D eigenvalue weighted by atomic mass is 32.1. The van der Waals surface area contributed by atoms with Gasteiger partial charge in [-0.2, -0.15) is 0 Å². The molecule has 0 spiro atoms. The molecule has 1 aliphatic heterocycles. The first-order valence-corrected chi connectivity index (χ1v) is 6.91. The number of ketones is 1. The third kappa shape index (κ3) is 2.36. The van der Waals surface area contributed by atoms with Crippen LogP contribution in [0.5, 0.6) is 0 Å². The van der Waals surface area contributed by atoms with Crippen molar-refractivity contribution in [3.8, 4) is 0 Å². The number of thiophene rings is 1. The van der Waals surface area contributed by atoms with Gasteiger partial charge >= 0.3 is 0 Å². The molecule has 0 saturated carbocycles. The Morgan fingerprint density at radius 3 is 3.06 bits per heavy atom. The van der Waals surface area contributed by atoms with E-state index in [1.807, 2.05) is 0 Å². The maximum absolute atomic E-state index is 12.3. The molecule has 1 aromatic rings. The number of carbonyl (C=O) groups is 1. The molecule has 3 heteroatoms. The van der Waals surface area contributed by atoms with Gasteiger partial charge in [-0.15, -0.1) is 11.3 Å². The van der Waals surface area contributed by atoms with E-state index in [0.717, 1.165) is 32.4 Å². The van der Waals surface area contributed by atoms with Gasteiger partial charge in [0.15, 0.2) is 0 Å². The predicted molar refractivity (Wildman–Crippen MR) is 67.9 cm³/mol. The zero-order valence-electron chi connectivity index (χ0n) is 9.79. The van der Waals surface area contributed by atoms with Gasteiger partial charge in [0, 0.05) is 23.3 Å². The normalized spacial score (nSPS) is 24.8. The summed E-state index contributed by atoms with van der Waals surface area (Å²) >= 11 is 1.75. The zero-order chi connectivity index (χ0) is 11.4. The monoisotopic (exact) mass is 237 g/mol. The molecular formula is C13H19NOS. The summed E-state index contributed by atoms with van der Waals surface area (Å²) in [6.45, 7) is 4.02. The maximum Gasteiger partial charge on any atom is 0.140 e. The molecule has 1 atom stereocenters. The van der Waals surface area contributed by atoms with E-state index in [1.165, 1.54) is 4.88 Å². The highest BCUT2D eigenvalue weighted by Crippen LogP contribution is 2.32. The van der Waals surface area contributed by atoms with E-state index in [1.54, 1.807) is 11.3 Å². The summed E-state index contributed by atoms with van der Waals surface area (Å²) in [5.74, 6) is 0.452. The predicted octanol–water partition coefficient (Wildman–Crippen LogP) is 2.64. The summed E-state index contributed by atoms with van der Waals surface area (Å²) < 4.78 is 0. The van der Waals surface area contributed by atoms with Gasteiger partial charge in [-0.3, -0.25) is 4.79 Å². The Kier molecular flexibility index (Phi) is 3.77. The smallest absolute Gasteiger partial charge is 0.140 e. The van der Waals surface area contributed by atoms with Crippen LogP contribution >= 0.6 is 11.3 Å². The summed E-state index contributed by atoms with van der Waals surface area (Å²) in [5, 5.41) is 5.40. The first-order chi connectivity index (χ1) is 7.77. The van der Waals surface area contributed by atoms with Crippen LogP contribution in [0.1, 0.15) is 31.1 Å². The lowest BCUT2D eigenvalue weighted by atomic mass is 9.78. The van der Waals surface area contributed by atoms with E-state index >= 15 is 0 Å². The van der Waals surface area contributed by atoms with Crippen LogP contribution in [0, 0.1) is 5.41 Å². The molecule has 2 heterocycles. The Balaban J connectivity index is 1.91. The van der Waals surface area contributed by atoms with E-state index in [0.29, 0.717) is 12.2 Å². The van der Waals surface area contributed by atoms with E-state index < -0.39 is 0 Å². The molecule has 2 rings (SSSR count). The summed E-state index contributed by atoms with van der Waals surface area (Å²) in [4.78, 5) is 13.6. The molecule has 0 aromatic carbocycles. The topological polar surface area (TPSA) is 29.1 Å². The molecule has 1 aliphatic rings. The number of aryl methyl sites for hydroxylation is 1. The minimum absolute atomic E-state index is 0.0583. The molecular weight excluding hydrogens is 218 g/mol. The summed E-state index contributed by atoms with van der Waals surface area (Å²) in [6, 6.07) is 4.17. The average Bonchev–Trinajstić information content (AvgIpc) is 2.97. The summed E-state index contributed by atoms with van der Waals surface area (Å²) in [7, 11) is 0. The zero-order valence-corrected chi connectivity index (χ0v) is 10.6. The SMILES string of the molecule is CCC1(C(=O)CCc2cccs2)CCNC1. The van der Waals surface area contributed by atoms with Gasteiger partial charge < -0.3 is 5.32 Å². The molecule has 1 saturated heterocycles. The molecule has 1 aromatic heterocycles. The molecule has 2 nitrogen and oxygen atoms in total. The van der Waals surface area contributed by atoms with Gasteiger partial charge in [-0.25, -0.2) is 0 Å². The van der Waals surface area contributed by atoms with Crippen molar-refractivity contribution in [3.05, 3.63) is 22.4 Å². The summed E-state index contributed by atoms with van der Waals surface area (Å²) in [6.07, 6.45) is 3.62.